The van der Waals surface area contributed by atoms with Crippen LogP contribution in [0.5, 0.6) is 0 Å². The Kier molecular flexibility index (Phi) is 8.96. The zero-order valence-corrected chi connectivity index (χ0v) is 16.3. The average molecular weight is 463 g/mol. The summed E-state index contributed by atoms with van der Waals surface area (Å²) in [6.45, 7) is -2.28. The summed E-state index contributed by atoms with van der Waals surface area (Å²) in [5.74, 6) is -5.17. The third-order valence-electron chi connectivity index (χ3n) is 3.50. The van der Waals surface area contributed by atoms with Gasteiger partial charge in [-0.3, -0.25) is 4.18 Å². The summed E-state index contributed by atoms with van der Waals surface area (Å²) in [5.41, 5.74) is -5.25. The third-order valence-corrected chi connectivity index (χ3v) is 4.49. The molecule has 0 aliphatic rings. The fourth-order valence-corrected chi connectivity index (χ4v) is 2.42. The standard InChI is InChI=1S/C16H18F5NO7S/c1-27-13(23)12(22-14(24)28-9-11-5-3-2-4-6-11)7-8-15(17,18)10-29-30(25,26)16(19,20)21/h2-6,12H,7-10H2,1H3,(H,22,24)/t12-/m0/s1. The number of esters is 1. The molecular weight excluding hydrogens is 445 g/mol. The second kappa shape index (κ2) is 10.5. The molecule has 0 unspecified atom stereocenters. The second-order valence-corrected chi connectivity index (χ2v) is 7.45. The Labute approximate surface area is 168 Å². The number of amides is 1. The number of halogens is 5. The first-order chi connectivity index (χ1) is 13.8. The summed E-state index contributed by atoms with van der Waals surface area (Å²) in [7, 11) is -5.28. The molecule has 170 valence electrons. The molecule has 0 radical (unpaired) electrons. The summed E-state index contributed by atoms with van der Waals surface area (Å²) < 4.78 is 97.8. The summed E-state index contributed by atoms with van der Waals surface area (Å²) in [6.07, 6.45) is -3.22. The molecule has 0 aromatic heterocycles. The molecule has 0 spiro atoms. The van der Waals surface area contributed by atoms with Gasteiger partial charge >= 0.3 is 27.7 Å². The van der Waals surface area contributed by atoms with E-state index in [1.54, 1.807) is 30.3 Å². The fraction of sp³-hybridized carbons (Fsp3) is 0.500. The zero-order chi connectivity index (χ0) is 23.0. The maximum absolute atomic E-state index is 13.7. The van der Waals surface area contributed by atoms with Crippen LogP contribution in [0, 0.1) is 0 Å². The molecule has 0 aliphatic carbocycles. The Hall–Kier alpha value is -2.48. The summed E-state index contributed by atoms with van der Waals surface area (Å²) in [5, 5.41) is 2.00. The molecule has 0 fully saturated rings. The highest BCUT2D eigenvalue weighted by atomic mass is 32.2. The molecule has 0 saturated heterocycles. The molecule has 30 heavy (non-hydrogen) atoms. The van der Waals surface area contributed by atoms with Gasteiger partial charge in [0.2, 0.25) is 0 Å². The highest BCUT2D eigenvalue weighted by Gasteiger charge is 2.49. The molecule has 0 saturated carbocycles. The lowest BCUT2D eigenvalue weighted by Crippen LogP contribution is -2.43. The van der Waals surface area contributed by atoms with Crippen LogP contribution in [0.1, 0.15) is 18.4 Å². The molecule has 8 nitrogen and oxygen atoms in total. The lowest BCUT2D eigenvalue weighted by atomic mass is 10.1. The van der Waals surface area contributed by atoms with E-state index in [0.29, 0.717) is 5.56 Å². The normalized spacial score (nSPS) is 13.4. The number of hydrogen-bond acceptors (Lipinski definition) is 7. The van der Waals surface area contributed by atoms with Gasteiger partial charge in [0, 0.05) is 6.42 Å². The number of carbonyl (C=O) groups excluding carboxylic acids is 2. The zero-order valence-electron chi connectivity index (χ0n) is 15.4. The van der Waals surface area contributed by atoms with Crippen LogP contribution in [0.4, 0.5) is 26.7 Å². The van der Waals surface area contributed by atoms with Crippen LogP contribution in [-0.2, 0) is 35.2 Å². The molecule has 0 aliphatic heterocycles. The Morgan fingerprint density at radius 1 is 1.10 bits per heavy atom. The first kappa shape index (κ1) is 25.6. The second-order valence-electron chi connectivity index (χ2n) is 5.84. The Bertz CT molecular complexity index is 815. The number of alkyl halides is 5. The van der Waals surface area contributed by atoms with Gasteiger partial charge in [-0.25, -0.2) is 18.4 Å². The molecular formula is C16H18F5NO7S. The van der Waals surface area contributed by atoms with E-state index < -0.39 is 59.1 Å². The van der Waals surface area contributed by atoms with Crippen molar-refractivity contribution in [1.82, 2.24) is 5.32 Å². The molecule has 1 atom stereocenters. The summed E-state index contributed by atoms with van der Waals surface area (Å²) >= 11 is 0. The number of nitrogens with one attached hydrogen (secondary N) is 1. The first-order valence-electron chi connectivity index (χ1n) is 8.16. The number of methoxy groups -OCH3 is 1. The largest absolute Gasteiger partial charge is 0.523 e. The van der Waals surface area contributed by atoms with Gasteiger partial charge in [0.25, 0.3) is 5.92 Å². The van der Waals surface area contributed by atoms with Gasteiger partial charge in [0.1, 0.15) is 19.3 Å². The van der Waals surface area contributed by atoms with E-state index in [4.69, 9.17) is 4.74 Å². The van der Waals surface area contributed by atoms with Crippen LogP contribution in [0.15, 0.2) is 30.3 Å². The van der Waals surface area contributed by atoms with Crippen molar-refractivity contribution in [2.75, 3.05) is 13.7 Å². The van der Waals surface area contributed by atoms with E-state index in [-0.39, 0.29) is 6.61 Å². The van der Waals surface area contributed by atoms with Crippen molar-refractivity contribution in [3.63, 3.8) is 0 Å². The number of hydrogen-bond donors (Lipinski definition) is 1. The molecule has 1 amide bonds. The smallest absolute Gasteiger partial charge is 0.467 e. The Morgan fingerprint density at radius 2 is 1.70 bits per heavy atom. The van der Waals surface area contributed by atoms with Crippen molar-refractivity contribution in [3.8, 4) is 0 Å². The van der Waals surface area contributed by atoms with Gasteiger partial charge in [-0.05, 0) is 12.0 Å². The predicted octanol–water partition coefficient (Wildman–Crippen LogP) is 2.74. The maximum Gasteiger partial charge on any atom is 0.523 e. The lowest BCUT2D eigenvalue weighted by Gasteiger charge is -2.20. The molecule has 0 heterocycles. The van der Waals surface area contributed by atoms with E-state index in [0.717, 1.165) is 7.11 Å². The number of alkyl carbamates (subject to hydrolysis) is 1. The van der Waals surface area contributed by atoms with Crippen LogP contribution >= 0.6 is 0 Å². The van der Waals surface area contributed by atoms with E-state index in [9.17, 15) is 40.0 Å². The van der Waals surface area contributed by atoms with Crippen LogP contribution in [0.25, 0.3) is 0 Å². The highest BCUT2D eigenvalue weighted by Crippen LogP contribution is 2.28. The SMILES string of the molecule is COC(=O)[C@H](CCC(F)(F)COS(=O)(=O)C(F)(F)F)NC(=O)OCc1ccccc1. The third kappa shape index (κ3) is 8.49. The van der Waals surface area contributed by atoms with E-state index in [2.05, 4.69) is 8.92 Å². The molecule has 1 N–H and O–H groups in total. The summed E-state index contributed by atoms with van der Waals surface area (Å²) in [6, 6.07) is 6.74. The number of benzene rings is 1. The van der Waals surface area contributed by atoms with Gasteiger partial charge in [0.15, 0.2) is 0 Å². The Morgan fingerprint density at radius 3 is 2.23 bits per heavy atom. The molecule has 1 aromatic rings. The molecule has 0 bridgehead atoms. The average Bonchev–Trinajstić information content (AvgIpc) is 2.67. The minimum absolute atomic E-state index is 0.181. The minimum Gasteiger partial charge on any atom is -0.467 e. The van der Waals surface area contributed by atoms with E-state index in [1.165, 1.54) is 0 Å². The van der Waals surface area contributed by atoms with E-state index >= 15 is 0 Å². The molecule has 14 heteroatoms. The van der Waals surface area contributed by atoms with Gasteiger partial charge in [-0.1, -0.05) is 30.3 Å². The van der Waals surface area contributed by atoms with Gasteiger partial charge in [-0.15, -0.1) is 0 Å². The van der Waals surface area contributed by atoms with Gasteiger partial charge < -0.3 is 14.8 Å². The van der Waals surface area contributed by atoms with Crippen molar-refractivity contribution in [1.29, 1.82) is 0 Å². The van der Waals surface area contributed by atoms with Crippen LogP contribution < -0.4 is 5.32 Å². The van der Waals surface area contributed by atoms with Crippen molar-refractivity contribution in [3.05, 3.63) is 35.9 Å². The monoisotopic (exact) mass is 463 g/mol. The van der Waals surface area contributed by atoms with Crippen molar-refractivity contribution in [2.24, 2.45) is 0 Å². The lowest BCUT2D eigenvalue weighted by molar-refractivity contribution is -0.143. The van der Waals surface area contributed by atoms with Crippen molar-refractivity contribution in [2.45, 2.75) is 36.9 Å². The van der Waals surface area contributed by atoms with Crippen LogP contribution in [-0.4, -0.2) is 51.7 Å². The molecule has 1 aromatic carbocycles. The quantitative estimate of drug-likeness (QED) is 0.246. The van der Waals surface area contributed by atoms with Crippen LogP contribution in [0.3, 0.4) is 0 Å². The highest BCUT2D eigenvalue weighted by molar-refractivity contribution is 7.87. The minimum atomic E-state index is -6.20. The van der Waals surface area contributed by atoms with Crippen molar-refractivity contribution >= 4 is 22.2 Å². The predicted molar refractivity (Wildman–Crippen MR) is 90.7 cm³/mol. The van der Waals surface area contributed by atoms with Crippen molar-refractivity contribution < 1.29 is 53.6 Å². The number of carbonyl (C=O) groups is 2. The summed E-state index contributed by atoms with van der Waals surface area (Å²) in [4.78, 5) is 23.5. The molecule has 1 rings (SSSR count). The van der Waals surface area contributed by atoms with E-state index in [1.807, 2.05) is 5.32 Å². The number of ether oxygens (including phenoxy) is 2. The van der Waals surface area contributed by atoms with Crippen LogP contribution in [0.2, 0.25) is 0 Å². The Balaban J connectivity index is 2.62. The van der Waals surface area contributed by atoms with Gasteiger partial charge in [-0.2, -0.15) is 21.6 Å². The first-order valence-corrected chi connectivity index (χ1v) is 9.57. The number of rotatable bonds is 10. The topological polar surface area (TPSA) is 108 Å². The van der Waals surface area contributed by atoms with Gasteiger partial charge in [0.05, 0.1) is 7.11 Å². The maximum atomic E-state index is 13.7. The fourth-order valence-electron chi connectivity index (χ4n) is 1.96.